The second-order valence-electron chi connectivity index (χ2n) is 7.15. The van der Waals surface area contributed by atoms with Crippen molar-refractivity contribution in [2.75, 3.05) is 13.1 Å². The summed E-state index contributed by atoms with van der Waals surface area (Å²) in [6.45, 7) is 4.93. The summed E-state index contributed by atoms with van der Waals surface area (Å²) in [6, 6.07) is 11.8. The first-order chi connectivity index (χ1) is 13.1. The fourth-order valence-electron chi connectivity index (χ4n) is 3.78. The Kier molecular flexibility index (Phi) is 4.60. The van der Waals surface area contributed by atoms with E-state index < -0.39 is 12.1 Å². The average molecular weight is 365 g/mol. The topological polar surface area (TPSA) is 59.8 Å². The predicted molar refractivity (Wildman–Crippen MR) is 104 cm³/mol. The highest BCUT2D eigenvalue weighted by Gasteiger charge is 2.28. The van der Waals surface area contributed by atoms with Crippen LogP contribution in [0.15, 0.2) is 40.8 Å². The molecule has 4 rings (SSSR count). The molecule has 0 saturated carbocycles. The van der Waals surface area contributed by atoms with Crippen LogP contribution in [0.1, 0.15) is 42.3 Å². The zero-order chi connectivity index (χ0) is 19.0. The van der Waals surface area contributed by atoms with Crippen LogP contribution in [0.3, 0.4) is 0 Å². The van der Waals surface area contributed by atoms with E-state index in [0.717, 1.165) is 54.1 Å². The number of carbonyl (C=O) groups is 2. The van der Waals surface area contributed by atoms with Crippen molar-refractivity contribution < 1.29 is 18.7 Å². The molecule has 3 aromatic rings. The van der Waals surface area contributed by atoms with Crippen molar-refractivity contribution in [2.45, 2.75) is 39.2 Å². The first-order valence-electron chi connectivity index (χ1n) is 9.47. The Bertz CT molecular complexity index is 1010. The van der Waals surface area contributed by atoms with Crippen LogP contribution in [-0.4, -0.2) is 36.0 Å². The molecule has 1 aliphatic heterocycles. The van der Waals surface area contributed by atoms with E-state index in [4.69, 9.17) is 9.15 Å². The van der Waals surface area contributed by atoms with Crippen LogP contribution in [0, 0.1) is 6.92 Å². The zero-order valence-electron chi connectivity index (χ0n) is 15.7. The maximum atomic E-state index is 12.7. The Balaban J connectivity index is 1.60. The van der Waals surface area contributed by atoms with Crippen molar-refractivity contribution in [3.05, 3.63) is 47.7 Å². The van der Waals surface area contributed by atoms with Crippen molar-refractivity contribution in [1.29, 1.82) is 0 Å². The number of esters is 1. The van der Waals surface area contributed by atoms with Crippen molar-refractivity contribution in [1.82, 2.24) is 4.90 Å². The lowest BCUT2D eigenvalue weighted by molar-refractivity contribution is -0.140. The van der Waals surface area contributed by atoms with Crippen molar-refractivity contribution in [3.8, 4) is 0 Å². The van der Waals surface area contributed by atoms with Crippen LogP contribution in [-0.2, 0) is 9.53 Å². The second kappa shape index (κ2) is 7.06. The van der Waals surface area contributed by atoms with Crippen LogP contribution in [0.2, 0.25) is 0 Å². The van der Waals surface area contributed by atoms with E-state index in [2.05, 4.69) is 0 Å². The van der Waals surface area contributed by atoms with Crippen LogP contribution < -0.4 is 0 Å². The van der Waals surface area contributed by atoms with Gasteiger partial charge in [-0.1, -0.05) is 36.4 Å². The number of hydrogen-bond donors (Lipinski definition) is 0. The van der Waals surface area contributed by atoms with Gasteiger partial charge in [0.1, 0.15) is 5.58 Å². The second-order valence-corrected chi connectivity index (χ2v) is 7.15. The number of benzene rings is 2. The van der Waals surface area contributed by atoms with Gasteiger partial charge in [0.25, 0.3) is 5.91 Å². The third-order valence-electron chi connectivity index (χ3n) is 5.31. The molecule has 5 nitrogen and oxygen atoms in total. The predicted octanol–water partition coefficient (Wildman–Crippen LogP) is 4.45. The highest BCUT2D eigenvalue weighted by Crippen LogP contribution is 2.32. The summed E-state index contributed by atoms with van der Waals surface area (Å²) >= 11 is 0. The molecule has 1 atom stereocenters. The van der Waals surface area contributed by atoms with Gasteiger partial charge in [0.15, 0.2) is 6.10 Å². The molecule has 5 heteroatoms. The van der Waals surface area contributed by atoms with Gasteiger partial charge in [-0.15, -0.1) is 0 Å². The number of fused-ring (bicyclic) bond motifs is 3. The average Bonchev–Trinajstić information content (AvgIpc) is 3.05. The van der Waals surface area contributed by atoms with Gasteiger partial charge in [-0.2, -0.15) is 0 Å². The summed E-state index contributed by atoms with van der Waals surface area (Å²) in [4.78, 5) is 27.0. The molecule has 0 N–H and O–H groups in total. The number of amides is 1. The van der Waals surface area contributed by atoms with Gasteiger partial charge in [0.05, 0.1) is 0 Å². The molecule has 2 heterocycles. The summed E-state index contributed by atoms with van der Waals surface area (Å²) in [5, 5.41) is 2.89. The number of likely N-dealkylation sites (tertiary alicyclic amines) is 1. The standard InChI is InChI=1S/C22H23NO4/c1-14-17-11-10-16-8-4-5-9-18(16)20(17)27-19(14)22(25)26-15(2)21(24)23-12-6-3-7-13-23/h4-5,8-11,15H,3,6-7,12-13H2,1-2H3/t15-/m1/s1. The fourth-order valence-corrected chi connectivity index (χ4v) is 3.78. The smallest absolute Gasteiger partial charge is 0.375 e. The van der Waals surface area contributed by atoms with Crippen LogP contribution >= 0.6 is 0 Å². The number of rotatable bonds is 3. The largest absolute Gasteiger partial charge is 0.448 e. The van der Waals surface area contributed by atoms with Gasteiger partial charge in [-0.3, -0.25) is 4.79 Å². The Morgan fingerprint density at radius 3 is 2.56 bits per heavy atom. The Labute approximate surface area is 157 Å². The minimum Gasteiger partial charge on any atom is -0.448 e. The number of aryl methyl sites for hydroxylation is 1. The molecule has 27 heavy (non-hydrogen) atoms. The van der Waals surface area contributed by atoms with Crippen molar-refractivity contribution in [3.63, 3.8) is 0 Å². The lowest BCUT2D eigenvalue weighted by Gasteiger charge is -2.28. The normalized spacial score (nSPS) is 15.9. The molecule has 0 unspecified atom stereocenters. The third kappa shape index (κ3) is 3.18. The molecule has 0 spiro atoms. The highest BCUT2D eigenvalue weighted by atomic mass is 16.6. The number of carbonyl (C=O) groups excluding carboxylic acids is 2. The Hall–Kier alpha value is -2.82. The molecule has 140 valence electrons. The molecule has 0 aliphatic carbocycles. The van der Waals surface area contributed by atoms with E-state index in [-0.39, 0.29) is 11.7 Å². The summed E-state index contributed by atoms with van der Waals surface area (Å²) in [7, 11) is 0. The number of ether oxygens (including phenoxy) is 1. The van der Waals surface area contributed by atoms with E-state index in [1.807, 2.05) is 43.3 Å². The third-order valence-corrected chi connectivity index (χ3v) is 5.31. The van der Waals surface area contributed by atoms with Crippen molar-refractivity contribution in [2.24, 2.45) is 0 Å². The maximum Gasteiger partial charge on any atom is 0.375 e. The van der Waals surface area contributed by atoms with Crippen LogP contribution in [0.25, 0.3) is 21.7 Å². The molecule has 1 saturated heterocycles. The van der Waals surface area contributed by atoms with Gasteiger partial charge >= 0.3 is 5.97 Å². The number of hydrogen-bond acceptors (Lipinski definition) is 4. The quantitative estimate of drug-likeness (QED) is 0.643. The molecule has 0 bridgehead atoms. The molecule has 2 aromatic carbocycles. The summed E-state index contributed by atoms with van der Waals surface area (Å²) in [6.07, 6.45) is 2.33. The van der Waals surface area contributed by atoms with E-state index in [1.54, 1.807) is 11.8 Å². The zero-order valence-corrected chi connectivity index (χ0v) is 15.7. The first-order valence-corrected chi connectivity index (χ1v) is 9.47. The summed E-state index contributed by atoms with van der Waals surface area (Å²) in [5.74, 6) is -0.562. The summed E-state index contributed by atoms with van der Waals surface area (Å²) < 4.78 is 11.4. The monoisotopic (exact) mass is 365 g/mol. The highest BCUT2D eigenvalue weighted by molar-refractivity contribution is 6.08. The van der Waals surface area contributed by atoms with Crippen LogP contribution in [0.5, 0.6) is 0 Å². The lowest BCUT2D eigenvalue weighted by Crippen LogP contribution is -2.42. The summed E-state index contributed by atoms with van der Waals surface area (Å²) in [5.41, 5.74) is 1.41. The van der Waals surface area contributed by atoms with Gasteiger partial charge in [0.2, 0.25) is 5.76 Å². The van der Waals surface area contributed by atoms with Gasteiger partial charge in [0, 0.05) is 29.4 Å². The molecule has 1 fully saturated rings. The van der Waals surface area contributed by atoms with Gasteiger partial charge in [-0.25, -0.2) is 4.79 Å². The lowest BCUT2D eigenvalue weighted by atomic mass is 10.1. The number of piperidine rings is 1. The van der Waals surface area contributed by atoms with Gasteiger partial charge < -0.3 is 14.1 Å². The fraction of sp³-hybridized carbons (Fsp3) is 0.364. The SMILES string of the molecule is Cc1c(C(=O)O[C@H](C)C(=O)N2CCCCC2)oc2c1ccc1ccccc12. The maximum absolute atomic E-state index is 12.7. The van der Waals surface area contributed by atoms with Crippen LogP contribution in [0.4, 0.5) is 0 Å². The van der Waals surface area contributed by atoms with E-state index >= 15 is 0 Å². The first kappa shape index (κ1) is 17.6. The minimum absolute atomic E-state index is 0.137. The number of furan rings is 1. The molecule has 1 aromatic heterocycles. The number of nitrogens with zero attached hydrogens (tertiary/aromatic N) is 1. The molecular weight excluding hydrogens is 342 g/mol. The van der Waals surface area contributed by atoms with Gasteiger partial charge in [-0.05, 0) is 38.5 Å². The molecule has 1 amide bonds. The Morgan fingerprint density at radius 1 is 1.04 bits per heavy atom. The van der Waals surface area contributed by atoms with E-state index in [0.29, 0.717) is 5.58 Å². The Morgan fingerprint density at radius 2 is 1.78 bits per heavy atom. The molecular formula is C22H23NO4. The minimum atomic E-state index is -0.819. The molecule has 1 aliphatic rings. The van der Waals surface area contributed by atoms with Crippen molar-refractivity contribution >= 4 is 33.6 Å². The van der Waals surface area contributed by atoms with E-state index in [1.165, 1.54) is 0 Å². The van der Waals surface area contributed by atoms with E-state index in [9.17, 15) is 9.59 Å². The molecule has 0 radical (unpaired) electrons.